The third-order valence-corrected chi connectivity index (χ3v) is 6.39. The average Bonchev–Trinajstić information content (AvgIpc) is 2.83. The van der Waals surface area contributed by atoms with Crippen molar-refractivity contribution < 1.29 is 31.1 Å². The van der Waals surface area contributed by atoms with E-state index in [1.807, 2.05) is 48.5 Å². The van der Waals surface area contributed by atoms with E-state index in [-0.39, 0.29) is 22.8 Å². The van der Waals surface area contributed by atoms with Crippen LogP contribution in [0.2, 0.25) is 0 Å². The summed E-state index contributed by atoms with van der Waals surface area (Å²) in [4.78, 5) is 12.9. The van der Waals surface area contributed by atoms with Gasteiger partial charge in [0.15, 0.2) is 18.9 Å². The first-order valence-corrected chi connectivity index (χ1v) is 11.3. The number of morpholine rings is 1. The van der Waals surface area contributed by atoms with Crippen molar-refractivity contribution in [2.24, 2.45) is 0 Å². The van der Waals surface area contributed by atoms with Gasteiger partial charge in [0.1, 0.15) is 13.2 Å². The molecule has 0 saturated carbocycles. The highest BCUT2D eigenvalue weighted by molar-refractivity contribution is 8.14. The zero-order valence-electron chi connectivity index (χ0n) is 17.4. The number of rotatable bonds is 6. The van der Waals surface area contributed by atoms with Crippen molar-refractivity contribution in [3.63, 3.8) is 0 Å². The zero-order valence-corrected chi connectivity index (χ0v) is 19.8. The van der Waals surface area contributed by atoms with Gasteiger partial charge in [0.05, 0.1) is 12.2 Å². The van der Waals surface area contributed by atoms with Gasteiger partial charge in [-0.1, -0.05) is 96.7 Å². The Morgan fingerprint density at radius 2 is 1.39 bits per heavy atom. The molecule has 1 aliphatic heterocycles. The fraction of sp³-hybridized carbons (Fsp3) is 0.231. The second-order valence-electron chi connectivity index (χ2n) is 7.31. The van der Waals surface area contributed by atoms with Crippen molar-refractivity contribution >= 4 is 22.6 Å². The maximum atomic E-state index is 12.9. The monoisotopic (exact) mass is 495 g/mol. The topological polar surface area (TPSA) is 29.3 Å². The van der Waals surface area contributed by atoms with Crippen molar-refractivity contribution in [3.8, 4) is 11.1 Å². The van der Waals surface area contributed by atoms with Gasteiger partial charge in [0.2, 0.25) is 5.04 Å². The maximum absolute atomic E-state index is 12.9. The highest BCUT2D eigenvalue weighted by Crippen LogP contribution is 2.20. The van der Waals surface area contributed by atoms with Crippen LogP contribution in [0.15, 0.2) is 84.9 Å². The van der Waals surface area contributed by atoms with Gasteiger partial charge in [-0.25, -0.2) is 4.58 Å². The molecule has 1 fully saturated rings. The van der Waals surface area contributed by atoms with Crippen molar-refractivity contribution in [2.75, 3.05) is 32.1 Å². The van der Waals surface area contributed by atoms with Gasteiger partial charge in [0, 0.05) is 5.56 Å². The Hall–Kier alpha value is -2.21. The standard InChI is InChI=1S/C26H26NO2S.BrH/c28-25(24-13-11-23(12-14-24)22-9-5-2-6-10-22)20-30-26(27-15-17-29-18-16-27)19-21-7-3-1-4-8-21;/h1-14H,15-20H2;1H/q+1;/p-1. The Morgan fingerprint density at radius 3 is 2.03 bits per heavy atom. The molecule has 1 saturated heterocycles. The number of thioether (sulfide) groups is 1. The number of carbonyl (C=O) groups is 1. The minimum Gasteiger partial charge on any atom is -1.00 e. The van der Waals surface area contributed by atoms with Crippen molar-refractivity contribution in [1.82, 2.24) is 0 Å². The summed E-state index contributed by atoms with van der Waals surface area (Å²) in [7, 11) is 0. The van der Waals surface area contributed by atoms with Crippen molar-refractivity contribution in [1.29, 1.82) is 0 Å². The van der Waals surface area contributed by atoms with E-state index in [9.17, 15) is 4.79 Å². The Bertz CT molecular complexity index is 997. The Kier molecular flexibility index (Phi) is 9.07. The quantitative estimate of drug-likeness (QED) is 0.297. The number of halogens is 1. The van der Waals surface area contributed by atoms with Gasteiger partial charge in [-0.3, -0.25) is 4.79 Å². The largest absolute Gasteiger partial charge is 1.00 e. The summed E-state index contributed by atoms with van der Waals surface area (Å²) in [5.74, 6) is 0.614. The summed E-state index contributed by atoms with van der Waals surface area (Å²) in [6.07, 6.45) is 0.853. The predicted octanol–water partition coefficient (Wildman–Crippen LogP) is 1.96. The van der Waals surface area contributed by atoms with Crippen LogP contribution in [-0.4, -0.2) is 47.5 Å². The van der Waals surface area contributed by atoms with E-state index in [0.717, 1.165) is 49.4 Å². The molecule has 3 nitrogen and oxygen atoms in total. The van der Waals surface area contributed by atoms with Crippen LogP contribution in [-0.2, 0) is 11.2 Å². The molecule has 160 valence electrons. The second-order valence-corrected chi connectivity index (χ2v) is 8.36. The first-order valence-electron chi connectivity index (χ1n) is 10.3. The van der Waals surface area contributed by atoms with Crippen LogP contribution in [0.5, 0.6) is 0 Å². The van der Waals surface area contributed by atoms with Crippen LogP contribution in [0.25, 0.3) is 11.1 Å². The van der Waals surface area contributed by atoms with Crippen LogP contribution in [0.1, 0.15) is 15.9 Å². The molecule has 1 heterocycles. The number of hydrogen-bond acceptors (Lipinski definition) is 3. The van der Waals surface area contributed by atoms with Gasteiger partial charge in [-0.05, 0) is 16.7 Å². The van der Waals surface area contributed by atoms with E-state index < -0.39 is 0 Å². The molecule has 0 aromatic heterocycles. The summed E-state index contributed by atoms with van der Waals surface area (Å²) < 4.78 is 7.88. The summed E-state index contributed by atoms with van der Waals surface area (Å²) in [5.41, 5.74) is 4.33. The zero-order chi connectivity index (χ0) is 20.6. The van der Waals surface area contributed by atoms with E-state index in [4.69, 9.17) is 4.74 Å². The van der Waals surface area contributed by atoms with Crippen LogP contribution >= 0.6 is 11.8 Å². The first kappa shape index (κ1) is 23.5. The number of Topliss-reactive ketones (excluding diaryl/α,β-unsaturated/α-hetero) is 1. The highest BCUT2D eigenvalue weighted by Gasteiger charge is 2.21. The van der Waals surface area contributed by atoms with Gasteiger partial charge in [0.25, 0.3) is 0 Å². The first-order chi connectivity index (χ1) is 14.8. The van der Waals surface area contributed by atoms with E-state index in [1.165, 1.54) is 10.6 Å². The van der Waals surface area contributed by atoms with Crippen molar-refractivity contribution in [2.45, 2.75) is 6.42 Å². The van der Waals surface area contributed by atoms with E-state index in [0.29, 0.717) is 5.75 Å². The predicted molar refractivity (Wildman–Crippen MR) is 125 cm³/mol. The fourth-order valence-corrected chi connectivity index (χ4v) is 4.65. The van der Waals surface area contributed by atoms with Crippen LogP contribution in [0, 0.1) is 0 Å². The molecule has 4 rings (SSSR count). The summed E-state index contributed by atoms with van der Waals surface area (Å²) in [5, 5.41) is 1.25. The van der Waals surface area contributed by atoms with Gasteiger partial charge in [-0.2, -0.15) is 0 Å². The third kappa shape index (κ3) is 6.63. The van der Waals surface area contributed by atoms with E-state index in [1.54, 1.807) is 11.8 Å². The summed E-state index contributed by atoms with van der Waals surface area (Å²) >= 11 is 1.66. The smallest absolute Gasteiger partial charge is 0.215 e. The second kappa shape index (κ2) is 12.0. The summed E-state index contributed by atoms with van der Waals surface area (Å²) in [6.45, 7) is 3.26. The Balaban J connectivity index is 0.00000272. The summed E-state index contributed by atoms with van der Waals surface area (Å²) in [6, 6.07) is 28.6. The third-order valence-electron chi connectivity index (χ3n) is 5.25. The number of benzene rings is 3. The molecule has 0 bridgehead atoms. The molecule has 31 heavy (non-hydrogen) atoms. The molecular weight excluding hydrogens is 470 g/mol. The van der Waals surface area contributed by atoms with Crippen LogP contribution in [0.4, 0.5) is 0 Å². The molecule has 0 radical (unpaired) electrons. The normalized spacial score (nSPS) is 13.4. The Labute approximate surface area is 198 Å². The highest BCUT2D eigenvalue weighted by atomic mass is 79.9. The molecule has 0 amide bonds. The molecule has 5 heteroatoms. The lowest BCUT2D eigenvalue weighted by Crippen LogP contribution is -3.00. The number of ketones is 1. The molecule has 3 aromatic rings. The van der Waals surface area contributed by atoms with Crippen LogP contribution < -0.4 is 17.0 Å². The molecular formula is C26H26BrNO2S. The number of hydrogen-bond donors (Lipinski definition) is 0. The molecule has 0 atom stereocenters. The molecule has 0 spiro atoms. The van der Waals surface area contributed by atoms with E-state index >= 15 is 0 Å². The number of nitrogens with zero attached hydrogens (tertiary/aromatic N) is 1. The van der Waals surface area contributed by atoms with Gasteiger partial charge >= 0.3 is 0 Å². The van der Waals surface area contributed by atoms with Gasteiger partial charge < -0.3 is 21.7 Å². The number of ether oxygens (including phenoxy) is 1. The molecule has 1 aliphatic rings. The lowest BCUT2D eigenvalue weighted by Gasteiger charge is -2.15. The van der Waals surface area contributed by atoms with Gasteiger partial charge in [-0.15, -0.1) is 0 Å². The molecule has 3 aromatic carbocycles. The lowest BCUT2D eigenvalue weighted by molar-refractivity contribution is -0.547. The lowest BCUT2D eigenvalue weighted by atomic mass is 10.0. The minimum absolute atomic E-state index is 0. The SMILES string of the molecule is O=C(CSC(Cc1ccccc1)=[N+]1CCOCC1)c1ccc(-c2ccccc2)cc1.[Br-]. The Morgan fingerprint density at radius 1 is 0.806 bits per heavy atom. The van der Waals surface area contributed by atoms with Crippen molar-refractivity contribution in [3.05, 3.63) is 96.1 Å². The van der Waals surface area contributed by atoms with Crippen LogP contribution in [0.3, 0.4) is 0 Å². The molecule has 0 aliphatic carbocycles. The maximum Gasteiger partial charge on any atom is 0.215 e. The average molecular weight is 496 g/mol. The molecule has 0 unspecified atom stereocenters. The minimum atomic E-state index is 0. The fourth-order valence-electron chi connectivity index (χ4n) is 3.55. The number of carbonyl (C=O) groups excluding carboxylic acids is 1. The molecule has 0 N–H and O–H groups in total. The van der Waals surface area contributed by atoms with E-state index in [2.05, 4.69) is 41.0 Å².